The highest BCUT2D eigenvalue weighted by Crippen LogP contribution is 2.28. The van der Waals surface area contributed by atoms with E-state index in [-0.39, 0.29) is 0 Å². The monoisotopic (exact) mass is 196 g/mol. The smallest absolute Gasteiger partial charge is 0.140 e. The van der Waals surface area contributed by atoms with E-state index in [1.807, 2.05) is 19.1 Å². The van der Waals surface area contributed by atoms with Crippen molar-refractivity contribution in [3.05, 3.63) is 23.4 Å². The molecule has 0 amide bonds. The van der Waals surface area contributed by atoms with Gasteiger partial charge in [0.05, 0.1) is 23.3 Å². The maximum Gasteiger partial charge on any atom is 0.140 e. The van der Waals surface area contributed by atoms with Crippen LogP contribution >= 0.6 is 11.6 Å². The average molecular weight is 197 g/mol. The molecule has 1 aromatic carbocycles. The Kier molecular flexibility index (Phi) is 2.10. The van der Waals surface area contributed by atoms with Gasteiger partial charge in [0.25, 0.3) is 0 Å². The van der Waals surface area contributed by atoms with Crippen LogP contribution in [0.1, 0.15) is 6.92 Å². The average Bonchev–Trinajstić information content (AvgIpc) is 2.52. The molecule has 0 aliphatic heterocycles. The van der Waals surface area contributed by atoms with Gasteiger partial charge in [-0.15, -0.1) is 0 Å². The van der Waals surface area contributed by atoms with Crippen LogP contribution in [0.3, 0.4) is 0 Å². The van der Waals surface area contributed by atoms with Crippen molar-refractivity contribution in [2.45, 2.75) is 6.92 Å². The quantitative estimate of drug-likeness (QED) is 0.802. The molecule has 0 bridgehead atoms. The highest BCUT2D eigenvalue weighted by molar-refractivity contribution is 6.32. The summed E-state index contributed by atoms with van der Waals surface area (Å²) >= 11 is 5.97. The number of nitrogens with zero attached hydrogens (tertiary/aromatic N) is 1. The van der Waals surface area contributed by atoms with Crippen LogP contribution in [-0.2, 0) is 0 Å². The maximum absolute atomic E-state index is 5.97. The highest BCUT2D eigenvalue weighted by Gasteiger charge is 2.04. The molecule has 2 aromatic rings. The second-order valence-electron chi connectivity index (χ2n) is 2.67. The number of aromatic amines is 1. The summed E-state index contributed by atoms with van der Waals surface area (Å²) in [6, 6.07) is 3.69. The molecule has 0 atom stereocenters. The van der Waals surface area contributed by atoms with Crippen LogP contribution in [-0.4, -0.2) is 16.8 Å². The number of aromatic nitrogens is 2. The van der Waals surface area contributed by atoms with Crippen molar-refractivity contribution in [1.29, 1.82) is 0 Å². The topological polar surface area (TPSA) is 37.9 Å². The van der Waals surface area contributed by atoms with Crippen molar-refractivity contribution < 1.29 is 4.74 Å². The van der Waals surface area contributed by atoms with Crippen LogP contribution in [0.2, 0.25) is 5.02 Å². The van der Waals surface area contributed by atoms with Crippen LogP contribution < -0.4 is 4.74 Å². The van der Waals surface area contributed by atoms with Crippen LogP contribution in [0.4, 0.5) is 0 Å². The molecule has 4 heteroatoms. The van der Waals surface area contributed by atoms with Gasteiger partial charge < -0.3 is 4.74 Å². The van der Waals surface area contributed by atoms with Gasteiger partial charge in [0.2, 0.25) is 0 Å². The predicted molar refractivity (Wildman–Crippen MR) is 52.3 cm³/mol. The van der Waals surface area contributed by atoms with Crippen molar-refractivity contribution in [3.8, 4) is 5.75 Å². The first-order valence-electron chi connectivity index (χ1n) is 4.06. The molecule has 13 heavy (non-hydrogen) atoms. The van der Waals surface area contributed by atoms with E-state index in [2.05, 4.69) is 10.2 Å². The van der Waals surface area contributed by atoms with Gasteiger partial charge in [-0.3, -0.25) is 5.10 Å². The number of rotatable bonds is 2. The van der Waals surface area contributed by atoms with Crippen molar-refractivity contribution in [1.82, 2.24) is 10.2 Å². The van der Waals surface area contributed by atoms with Crippen LogP contribution in [0.5, 0.6) is 5.75 Å². The lowest BCUT2D eigenvalue weighted by Crippen LogP contribution is -1.91. The van der Waals surface area contributed by atoms with E-state index in [9.17, 15) is 0 Å². The molecule has 0 spiro atoms. The van der Waals surface area contributed by atoms with Crippen molar-refractivity contribution in [3.63, 3.8) is 0 Å². The molecule has 0 unspecified atom stereocenters. The summed E-state index contributed by atoms with van der Waals surface area (Å²) in [5, 5.41) is 8.38. The van der Waals surface area contributed by atoms with Gasteiger partial charge in [0.1, 0.15) is 5.75 Å². The molecule has 1 N–H and O–H groups in total. The van der Waals surface area contributed by atoms with Crippen molar-refractivity contribution in [2.24, 2.45) is 0 Å². The molecule has 1 heterocycles. The largest absolute Gasteiger partial charge is 0.492 e. The summed E-state index contributed by atoms with van der Waals surface area (Å²) in [4.78, 5) is 0. The highest BCUT2D eigenvalue weighted by atomic mass is 35.5. The molecule has 0 aliphatic rings. The SMILES string of the molecule is CCOc1cc2[nH]ncc2cc1Cl. The van der Waals surface area contributed by atoms with Gasteiger partial charge in [0, 0.05) is 11.5 Å². The molecule has 2 rings (SSSR count). The fourth-order valence-corrected chi connectivity index (χ4v) is 1.44. The van der Waals surface area contributed by atoms with E-state index in [0.717, 1.165) is 10.9 Å². The summed E-state index contributed by atoms with van der Waals surface area (Å²) in [5.41, 5.74) is 0.938. The number of H-pyrrole nitrogens is 1. The molecule has 3 nitrogen and oxygen atoms in total. The predicted octanol–water partition coefficient (Wildman–Crippen LogP) is 2.62. The second-order valence-corrected chi connectivity index (χ2v) is 3.08. The molecular weight excluding hydrogens is 188 g/mol. The minimum absolute atomic E-state index is 0.610. The van der Waals surface area contributed by atoms with Crippen molar-refractivity contribution in [2.75, 3.05) is 6.61 Å². The number of benzene rings is 1. The lowest BCUT2D eigenvalue weighted by molar-refractivity contribution is 0.341. The van der Waals surface area contributed by atoms with E-state index in [4.69, 9.17) is 16.3 Å². The molecule has 0 saturated carbocycles. The van der Waals surface area contributed by atoms with E-state index >= 15 is 0 Å². The Hall–Kier alpha value is -1.22. The Morgan fingerprint density at radius 1 is 1.54 bits per heavy atom. The Morgan fingerprint density at radius 3 is 3.15 bits per heavy atom. The number of halogens is 1. The zero-order valence-electron chi connectivity index (χ0n) is 7.17. The van der Waals surface area contributed by atoms with E-state index in [0.29, 0.717) is 17.4 Å². The molecule has 0 aliphatic carbocycles. The van der Waals surface area contributed by atoms with Crippen LogP contribution in [0, 0.1) is 0 Å². The van der Waals surface area contributed by atoms with Gasteiger partial charge in [-0.1, -0.05) is 11.6 Å². The normalized spacial score (nSPS) is 10.6. The Labute approximate surface area is 80.7 Å². The van der Waals surface area contributed by atoms with Crippen molar-refractivity contribution >= 4 is 22.5 Å². The zero-order valence-corrected chi connectivity index (χ0v) is 7.93. The molecule has 68 valence electrons. The zero-order chi connectivity index (χ0) is 9.26. The first-order valence-corrected chi connectivity index (χ1v) is 4.44. The Bertz CT molecular complexity index is 424. The molecular formula is C9H9ClN2O. The summed E-state index contributed by atoms with van der Waals surface area (Å²) in [7, 11) is 0. The summed E-state index contributed by atoms with van der Waals surface area (Å²) in [5.74, 6) is 0.695. The lowest BCUT2D eigenvalue weighted by Gasteiger charge is -2.04. The lowest BCUT2D eigenvalue weighted by atomic mass is 10.2. The second kappa shape index (κ2) is 3.26. The fourth-order valence-electron chi connectivity index (χ4n) is 1.21. The summed E-state index contributed by atoms with van der Waals surface area (Å²) < 4.78 is 5.33. The third-order valence-electron chi connectivity index (χ3n) is 1.79. The summed E-state index contributed by atoms with van der Waals surface area (Å²) in [6.45, 7) is 2.53. The first-order chi connectivity index (χ1) is 6.31. The Morgan fingerprint density at radius 2 is 2.38 bits per heavy atom. The van der Waals surface area contributed by atoms with E-state index < -0.39 is 0 Å². The number of hydrogen-bond donors (Lipinski definition) is 1. The van der Waals surface area contributed by atoms with Gasteiger partial charge in [-0.2, -0.15) is 5.10 Å². The first kappa shape index (κ1) is 8.38. The van der Waals surface area contributed by atoms with Gasteiger partial charge in [-0.25, -0.2) is 0 Å². The minimum atomic E-state index is 0.610. The van der Waals surface area contributed by atoms with E-state index in [1.54, 1.807) is 6.20 Å². The summed E-state index contributed by atoms with van der Waals surface area (Å²) in [6.07, 6.45) is 1.73. The van der Waals surface area contributed by atoms with Gasteiger partial charge in [-0.05, 0) is 13.0 Å². The van der Waals surface area contributed by atoms with Gasteiger partial charge in [0.15, 0.2) is 0 Å². The Balaban J connectivity index is 2.56. The maximum atomic E-state index is 5.97. The molecule has 1 aromatic heterocycles. The number of fused-ring (bicyclic) bond motifs is 1. The van der Waals surface area contributed by atoms with Crippen LogP contribution in [0.25, 0.3) is 10.9 Å². The number of hydrogen-bond acceptors (Lipinski definition) is 2. The minimum Gasteiger partial charge on any atom is -0.492 e. The number of ether oxygens (including phenoxy) is 1. The molecule has 0 radical (unpaired) electrons. The standard InChI is InChI=1S/C9H9ClN2O/c1-2-13-9-4-8-6(3-7(9)10)5-11-12-8/h3-5H,2H2,1H3,(H,11,12). The molecule has 0 fully saturated rings. The fraction of sp³-hybridized carbons (Fsp3) is 0.222. The van der Waals surface area contributed by atoms with Gasteiger partial charge >= 0.3 is 0 Å². The number of nitrogens with one attached hydrogen (secondary N) is 1. The van der Waals surface area contributed by atoms with Crippen LogP contribution in [0.15, 0.2) is 18.3 Å². The third kappa shape index (κ3) is 1.47. The molecule has 0 saturated heterocycles. The van der Waals surface area contributed by atoms with E-state index in [1.165, 1.54) is 0 Å². The third-order valence-corrected chi connectivity index (χ3v) is 2.09.